The van der Waals surface area contributed by atoms with Gasteiger partial charge in [0.15, 0.2) is 0 Å². The quantitative estimate of drug-likeness (QED) is 0.741. The Labute approximate surface area is 96.3 Å². The van der Waals surface area contributed by atoms with Crippen molar-refractivity contribution in [1.29, 1.82) is 0 Å². The topological polar surface area (TPSA) is 36.0 Å². The van der Waals surface area contributed by atoms with Gasteiger partial charge in [-0.1, -0.05) is 24.6 Å². The number of aromatic nitrogens is 1. The van der Waals surface area contributed by atoms with Gasteiger partial charge in [0, 0.05) is 17.1 Å². The summed E-state index contributed by atoms with van der Waals surface area (Å²) in [5.41, 5.74) is 2.61. The fraction of sp³-hybridized carbons (Fsp3) is 0.429. The smallest absolute Gasteiger partial charge is 0.0512 e. The summed E-state index contributed by atoms with van der Waals surface area (Å²) in [5.74, 6) is 0. The van der Waals surface area contributed by atoms with Crippen molar-refractivity contribution in [2.45, 2.75) is 38.7 Å². The summed E-state index contributed by atoms with van der Waals surface area (Å²) >= 11 is 0. The average molecular weight is 217 g/mol. The molecule has 0 spiro atoms. The predicted molar refractivity (Wildman–Crippen MR) is 67.5 cm³/mol. The molecule has 0 aliphatic heterocycles. The van der Waals surface area contributed by atoms with E-state index in [-0.39, 0.29) is 6.10 Å². The summed E-state index contributed by atoms with van der Waals surface area (Å²) in [6.45, 7) is 1.85. The first-order chi connectivity index (χ1) is 7.77. The zero-order chi connectivity index (χ0) is 11.4. The molecule has 2 rings (SSSR count). The molecule has 2 nitrogen and oxygen atoms in total. The van der Waals surface area contributed by atoms with Gasteiger partial charge in [-0.05, 0) is 37.8 Å². The normalized spacial score (nSPS) is 13.1. The minimum absolute atomic E-state index is 0.164. The molecule has 2 N–H and O–H groups in total. The van der Waals surface area contributed by atoms with E-state index in [0.29, 0.717) is 0 Å². The van der Waals surface area contributed by atoms with E-state index in [1.54, 1.807) is 0 Å². The lowest BCUT2D eigenvalue weighted by Crippen LogP contribution is -1.98. The van der Waals surface area contributed by atoms with Crippen molar-refractivity contribution in [3.63, 3.8) is 0 Å². The van der Waals surface area contributed by atoms with Crippen molar-refractivity contribution in [2.24, 2.45) is 0 Å². The summed E-state index contributed by atoms with van der Waals surface area (Å²) in [4.78, 5) is 3.29. The molecule has 0 amide bonds. The molecule has 86 valence electrons. The second-order valence-electron chi connectivity index (χ2n) is 4.45. The van der Waals surface area contributed by atoms with Crippen LogP contribution in [0.15, 0.2) is 30.5 Å². The van der Waals surface area contributed by atoms with E-state index in [2.05, 4.69) is 35.4 Å². The van der Waals surface area contributed by atoms with Crippen molar-refractivity contribution in [3.05, 3.63) is 36.0 Å². The number of aliphatic hydroxyl groups excluding tert-OH is 1. The Morgan fingerprint density at radius 1 is 1.25 bits per heavy atom. The SMILES string of the molecule is C[C@H](O)CCCCc1c[nH]c2ccccc12. The molecule has 2 aromatic rings. The summed E-state index contributed by atoms with van der Waals surface area (Å²) in [7, 11) is 0. The molecule has 0 radical (unpaired) electrons. The first-order valence-corrected chi connectivity index (χ1v) is 6.00. The van der Waals surface area contributed by atoms with Gasteiger partial charge in [-0.3, -0.25) is 0 Å². The predicted octanol–water partition coefficient (Wildman–Crippen LogP) is 3.26. The van der Waals surface area contributed by atoms with E-state index in [9.17, 15) is 5.11 Å². The Hall–Kier alpha value is -1.28. The number of unbranched alkanes of at least 4 members (excludes halogenated alkanes) is 1. The van der Waals surface area contributed by atoms with Gasteiger partial charge >= 0.3 is 0 Å². The van der Waals surface area contributed by atoms with E-state index in [0.717, 1.165) is 25.7 Å². The number of aryl methyl sites for hydroxylation is 1. The molecule has 1 aromatic heterocycles. The molecule has 1 heterocycles. The minimum Gasteiger partial charge on any atom is -0.393 e. The molecule has 0 bridgehead atoms. The number of hydrogen-bond donors (Lipinski definition) is 2. The highest BCUT2D eigenvalue weighted by Crippen LogP contribution is 2.19. The fourth-order valence-electron chi connectivity index (χ4n) is 2.09. The fourth-order valence-corrected chi connectivity index (χ4v) is 2.09. The number of benzene rings is 1. The zero-order valence-corrected chi connectivity index (χ0v) is 9.74. The maximum atomic E-state index is 9.18. The number of hydrogen-bond acceptors (Lipinski definition) is 1. The summed E-state index contributed by atoms with van der Waals surface area (Å²) < 4.78 is 0. The van der Waals surface area contributed by atoms with Gasteiger partial charge in [-0.25, -0.2) is 0 Å². The second kappa shape index (κ2) is 5.17. The Morgan fingerprint density at radius 3 is 2.88 bits per heavy atom. The maximum absolute atomic E-state index is 9.18. The van der Waals surface area contributed by atoms with Crippen LogP contribution in [0.4, 0.5) is 0 Å². The van der Waals surface area contributed by atoms with Crippen LogP contribution in [0.3, 0.4) is 0 Å². The lowest BCUT2D eigenvalue weighted by molar-refractivity contribution is 0.180. The molecule has 1 aromatic carbocycles. The van der Waals surface area contributed by atoms with Crippen molar-refractivity contribution < 1.29 is 5.11 Å². The van der Waals surface area contributed by atoms with Gasteiger partial charge in [0.1, 0.15) is 0 Å². The van der Waals surface area contributed by atoms with Gasteiger partial charge in [-0.15, -0.1) is 0 Å². The Bertz CT molecular complexity index is 445. The molecule has 0 saturated heterocycles. The number of rotatable bonds is 5. The van der Waals surface area contributed by atoms with Crippen LogP contribution in [0.25, 0.3) is 10.9 Å². The van der Waals surface area contributed by atoms with E-state index < -0.39 is 0 Å². The number of H-pyrrole nitrogens is 1. The number of aromatic amines is 1. The number of para-hydroxylation sites is 1. The van der Waals surface area contributed by atoms with Gasteiger partial charge in [0.2, 0.25) is 0 Å². The number of aliphatic hydroxyl groups is 1. The van der Waals surface area contributed by atoms with Crippen molar-refractivity contribution in [2.75, 3.05) is 0 Å². The third-order valence-corrected chi connectivity index (χ3v) is 2.99. The number of nitrogens with one attached hydrogen (secondary N) is 1. The van der Waals surface area contributed by atoms with E-state index in [1.165, 1.54) is 16.5 Å². The third kappa shape index (κ3) is 2.64. The zero-order valence-electron chi connectivity index (χ0n) is 9.74. The van der Waals surface area contributed by atoms with Crippen molar-refractivity contribution in [3.8, 4) is 0 Å². The summed E-state index contributed by atoms with van der Waals surface area (Å²) in [6.07, 6.45) is 6.18. The maximum Gasteiger partial charge on any atom is 0.0512 e. The third-order valence-electron chi connectivity index (χ3n) is 2.99. The highest BCUT2D eigenvalue weighted by Gasteiger charge is 2.02. The van der Waals surface area contributed by atoms with E-state index >= 15 is 0 Å². The molecule has 0 fully saturated rings. The molecule has 16 heavy (non-hydrogen) atoms. The van der Waals surface area contributed by atoms with Crippen LogP contribution in [0.1, 0.15) is 31.7 Å². The monoisotopic (exact) mass is 217 g/mol. The Morgan fingerprint density at radius 2 is 2.06 bits per heavy atom. The molecule has 1 atom stereocenters. The largest absolute Gasteiger partial charge is 0.393 e. The molecular formula is C14H19NO. The van der Waals surface area contributed by atoms with Crippen LogP contribution < -0.4 is 0 Å². The average Bonchev–Trinajstić information content (AvgIpc) is 2.68. The summed E-state index contributed by atoms with van der Waals surface area (Å²) in [5, 5.41) is 10.5. The Kier molecular flexibility index (Phi) is 3.62. The lowest BCUT2D eigenvalue weighted by Gasteiger charge is -2.03. The van der Waals surface area contributed by atoms with Crippen LogP contribution in [-0.4, -0.2) is 16.2 Å². The highest BCUT2D eigenvalue weighted by molar-refractivity contribution is 5.82. The minimum atomic E-state index is -0.164. The molecule has 0 saturated carbocycles. The van der Waals surface area contributed by atoms with E-state index in [1.807, 2.05) is 6.92 Å². The molecular weight excluding hydrogens is 198 g/mol. The van der Waals surface area contributed by atoms with Crippen LogP contribution in [0.5, 0.6) is 0 Å². The number of fused-ring (bicyclic) bond motifs is 1. The van der Waals surface area contributed by atoms with Crippen LogP contribution in [-0.2, 0) is 6.42 Å². The molecule has 2 heteroatoms. The first kappa shape index (κ1) is 11.2. The highest BCUT2D eigenvalue weighted by atomic mass is 16.3. The standard InChI is InChI=1S/C14H19NO/c1-11(16)6-2-3-7-12-10-15-14-9-5-4-8-13(12)14/h4-5,8-11,15-16H,2-3,6-7H2,1H3/t11-/m0/s1. The van der Waals surface area contributed by atoms with Crippen LogP contribution in [0.2, 0.25) is 0 Å². The molecule has 0 unspecified atom stereocenters. The van der Waals surface area contributed by atoms with Gasteiger partial charge < -0.3 is 10.1 Å². The van der Waals surface area contributed by atoms with Crippen LogP contribution >= 0.6 is 0 Å². The van der Waals surface area contributed by atoms with Crippen molar-refractivity contribution in [1.82, 2.24) is 4.98 Å². The molecule has 0 aliphatic rings. The Balaban J connectivity index is 1.94. The first-order valence-electron chi connectivity index (χ1n) is 6.00. The lowest BCUT2D eigenvalue weighted by atomic mass is 10.1. The van der Waals surface area contributed by atoms with Crippen molar-refractivity contribution >= 4 is 10.9 Å². The summed E-state index contributed by atoms with van der Waals surface area (Å²) in [6, 6.07) is 8.40. The van der Waals surface area contributed by atoms with Gasteiger partial charge in [-0.2, -0.15) is 0 Å². The van der Waals surface area contributed by atoms with Gasteiger partial charge in [0.05, 0.1) is 6.10 Å². The van der Waals surface area contributed by atoms with Crippen LogP contribution in [0, 0.1) is 0 Å². The van der Waals surface area contributed by atoms with E-state index in [4.69, 9.17) is 0 Å². The second-order valence-corrected chi connectivity index (χ2v) is 4.45. The molecule has 0 aliphatic carbocycles. The van der Waals surface area contributed by atoms with Gasteiger partial charge in [0.25, 0.3) is 0 Å².